The molecule has 2 aromatic heterocycles. The van der Waals surface area contributed by atoms with Gasteiger partial charge in [-0.1, -0.05) is 36.0 Å². The number of anilines is 1. The number of amides is 1. The molecule has 0 aliphatic rings. The van der Waals surface area contributed by atoms with Gasteiger partial charge in [0, 0.05) is 23.7 Å². The summed E-state index contributed by atoms with van der Waals surface area (Å²) in [5, 5.41) is 14.8. The van der Waals surface area contributed by atoms with E-state index in [0.717, 1.165) is 11.1 Å². The molecule has 0 saturated carbocycles. The number of fused-ring (bicyclic) bond motifs is 1. The molecule has 0 spiro atoms. The Hall–Kier alpha value is -3.41. The molecule has 0 bridgehead atoms. The largest absolute Gasteiger partial charge is 0.325 e. The van der Waals surface area contributed by atoms with E-state index in [1.807, 2.05) is 17.5 Å². The van der Waals surface area contributed by atoms with Gasteiger partial charge < -0.3 is 5.32 Å². The Labute approximate surface area is 193 Å². The average Bonchev–Trinajstić information content (AvgIpc) is 3.21. The first-order chi connectivity index (χ1) is 15.4. The predicted octanol–water partition coefficient (Wildman–Crippen LogP) is 4.88. The van der Waals surface area contributed by atoms with E-state index in [-0.39, 0.29) is 17.2 Å². The Kier molecular flexibility index (Phi) is 6.12. The number of benzene rings is 2. The molecule has 6 nitrogen and oxygen atoms in total. The number of aromatic nitrogens is 2. The highest BCUT2D eigenvalue weighted by Crippen LogP contribution is 2.33. The summed E-state index contributed by atoms with van der Waals surface area (Å²) in [6.45, 7) is 4.12. The molecule has 1 amide bonds. The summed E-state index contributed by atoms with van der Waals surface area (Å²) >= 11 is 2.63. The maximum Gasteiger partial charge on any atom is 0.263 e. The molecule has 4 rings (SSSR count). The van der Waals surface area contributed by atoms with Crippen LogP contribution in [0.2, 0.25) is 0 Å². The van der Waals surface area contributed by atoms with Crippen molar-refractivity contribution >= 4 is 44.9 Å². The molecule has 0 radical (unpaired) electrons. The monoisotopic (exact) mass is 460 g/mol. The SMILES string of the molecule is Cc1ccc(-c2csc3nc(SCC(=O)Nc4cccc(C#N)c4)n(C)c(=O)c23)cc1C. The number of carbonyl (C=O) groups excluding carboxylic acids is 1. The number of hydrogen-bond donors (Lipinski definition) is 1. The minimum absolute atomic E-state index is 0.0952. The molecule has 0 atom stereocenters. The van der Waals surface area contributed by atoms with E-state index < -0.39 is 0 Å². The number of carbonyl (C=O) groups is 1. The topological polar surface area (TPSA) is 87.8 Å². The highest BCUT2D eigenvalue weighted by atomic mass is 32.2. The fourth-order valence-electron chi connectivity index (χ4n) is 3.30. The van der Waals surface area contributed by atoms with Gasteiger partial charge in [0.1, 0.15) is 4.83 Å². The van der Waals surface area contributed by atoms with Crippen LogP contribution in [0.4, 0.5) is 5.69 Å². The molecule has 0 aliphatic carbocycles. The van der Waals surface area contributed by atoms with Crippen LogP contribution in [0.3, 0.4) is 0 Å². The second-order valence-corrected chi connectivity index (χ2v) is 9.22. The zero-order valence-corrected chi connectivity index (χ0v) is 19.4. The molecule has 0 saturated heterocycles. The maximum absolute atomic E-state index is 13.1. The quantitative estimate of drug-likeness (QED) is 0.339. The van der Waals surface area contributed by atoms with E-state index in [4.69, 9.17) is 5.26 Å². The first-order valence-corrected chi connectivity index (χ1v) is 11.7. The average molecular weight is 461 g/mol. The summed E-state index contributed by atoms with van der Waals surface area (Å²) in [5.41, 5.74) is 5.16. The van der Waals surface area contributed by atoms with Crippen molar-refractivity contribution in [2.24, 2.45) is 7.05 Å². The standard InChI is InChI=1S/C24H20N4O2S2/c1-14-7-8-17(9-15(14)2)19-12-31-22-21(19)23(30)28(3)24(27-22)32-13-20(29)26-18-6-4-5-16(10-18)11-25/h4-10,12H,13H2,1-3H3,(H,26,29). The lowest BCUT2D eigenvalue weighted by atomic mass is 10.0. The molecule has 8 heteroatoms. The van der Waals surface area contributed by atoms with Gasteiger partial charge >= 0.3 is 0 Å². The minimum Gasteiger partial charge on any atom is -0.325 e. The van der Waals surface area contributed by atoms with Gasteiger partial charge in [-0.25, -0.2) is 4.98 Å². The third-order valence-electron chi connectivity index (χ3n) is 5.20. The van der Waals surface area contributed by atoms with Crippen molar-refractivity contribution in [3.63, 3.8) is 0 Å². The number of nitrogens with one attached hydrogen (secondary N) is 1. The van der Waals surface area contributed by atoms with E-state index in [1.54, 1.807) is 31.3 Å². The van der Waals surface area contributed by atoms with Crippen LogP contribution in [-0.4, -0.2) is 21.2 Å². The van der Waals surface area contributed by atoms with E-state index in [2.05, 4.69) is 36.3 Å². The fourth-order valence-corrected chi connectivity index (χ4v) is 5.06. The number of rotatable bonds is 5. The van der Waals surface area contributed by atoms with Crippen molar-refractivity contribution in [2.75, 3.05) is 11.1 Å². The van der Waals surface area contributed by atoms with E-state index in [0.29, 0.717) is 26.6 Å². The van der Waals surface area contributed by atoms with Gasteiger partial charge in [-0.3, -0.25) is 14.2 Å². The van der Waals surface area contributed by atoms with Crippen LogP contribution in [0.25, 0.3) is 21.3 Å². The van der Waals surface area contributed by atoms with Gasteiger partial charge in [-0.2, -0.15) is 5.26 Å². The van der Waals surface area contributed by atoms with Gasteiger partial charge in [0.25, 0.3) is 5.56 Å². The van der Waals surface area contributed by atoms with Gasteiger partial charge in [-0.05, 0) is 48.7 Å². The van der Waals surface area contributed by atoms with Gasteiger partial charge in [-0.15, -0.1) is 11.3 Å². The first kappa shape index (κ1) is 21.8. The molecule has 0 fully saturated rings. The lowest BCUT2D eigenvalue weighted by Crippen LogP contribution is -2.21. The van der Waals surface area contributed by atoms with Crippen molar-refractivity contribution in [1.29, 1.82) is 5.26 Å². The van der Waals surface area contributed by atoms with Crippen molar-refractivity contribution in [3.05, 3.63) is 74.9 Å². The van der Waals surface area contributed by atoms with Crippen LogP contribution in [0.5, 0.6) is 0 Å². The van der Waals surface area contributed by atoms with E-state index in [1.165, 1.54) is 38.8 Å². The highest BCUT2D eigenvalue weighted by molar-refractivity contribution is 7.99. The number of nitrogens with zero attached hydrogens (tertiary/aromatic N) is 3. The van der Waals surface area contributed by atoms with Crippen molar-refractivity contribution in [2.45, 2.75) is 19.0 Å². The molecule has 1 N–H and O–H groups in total. The summed E-state index contributed by atoms with van der Waals surface area (Å²) in [6.07, 6.45) is 0. The molecular weight excluding hydrogens is 440 g/mol. The van der Waals surface area contributed by atoms with Crippen LogP contribution >= 0.6 is 23.1 Å². The predicted molar refractivity (Wildman–Crippen MR) is 130 cm³/mol. The van der Waals surface area contributed by atoms with Crippen LogP contribution < -0.4 is 10.9 Å². The van der Waals surface area contributed by atoms with Crippen LogP contribution in [0.15, 0.2) is 57.8 Å². The summed E-state index contributed by atoms with van der Waals surface area (Å²) in [5.74, 6) is -0.140. The van der Waals surface area contributed by atoms with E-state index in [9.17, 15) is 9.59 Å². The number of hydrogen-bond acceptors (Lipinski definition) is 6. The number of thioether (sulfide) groups is 1. The fraction of sp³-hybridized carbons (Fsp3) is 0.167. The second kappa shape index (κ2) is 8.99. The van der Waals surface area contributed by atoms with Gasteiger partial charge in [0.2, 0.25) is 5.91 Å². The summed E-state index contributed by atoms with van der Waals surface area (Å²) < 4.78 is 1.49. The molecule has 0 aliphatic heterocycles. The lowest BCUT2D eigenvalue weighted by Gasteiger charge is -2.09. The van der Waals surface area contributed by atoms with Gasteiger partial charge in [0.05, 0.1) is 22.8 Å². The molecule has 160 valence electrons. The van der Waals surface area contributed by atoms with Crippen LogP contribution in [-0.2, 0) is 11.8 Å². The molecule has 2 heterocycles. The normalized spacial score (nSPS) is 10.8. The Morgan fingerprint density at radius 3 is 2.78 bits per heavy atom. The van der Waals surface area contributed by atoms with Gasteiger partial charge in [0.15, 0.2) is 5.16 Å². The van der Waals surface area contributed by atoms with Crippen LogP contribution in [0, 0.1) is 25.2 Å². The first-order valence-electron chi connectivity index (χ1n) is 9.86. The lowest BCUT2D eigenvalue weighted by molar-refractivity contribution is -0.113. The highest BCUT2D eigenvalue weighted by Gasteiger charge is 2.17. The molecule has 32 heavy (non-hydrogen) atoms. The molecule has 2 aromatic carbocycles. The van der Waals surface area contributed by atoms with Crippen molar-refractivity contribution < 1.29 is 4.79 Å². The zero-order chi connectivity index (χ0) is 22.8. The summed E-state index contributed by atoms with van der Waals surface area (Å²) in [7, 11) is 1.67. The van der Waals surface area contributed by atoms with E-state index >= 15 is 0 Å². The Morgan fingerprint density at radius 2 is 2.03 bits per heavy atom. The Morgan fingerprint density at radius 1 is 1.22 bits per heavy atom. The second-order valence-electron chi connectivity index (χ2n) is 7.42. The number of nitriles is 1. The zero-order valence-electron chi connectivity index (χ0n) is 17.8. The minimum atomic E-state index is -0.235. The van der Waals surface area contributed by atoms with Crippen LogP contribution in [0.1, 0.15) is 16.7 Å². The summed E-state index contributed by atoms with van der Waals surface area (Å²) in [6, 6.07) is 14.9. The molecular formula is C24H20N4O2S2. The number of aryl methyl sites for hydroxylation is 2. The smallest absolute Gasteiger partial charge is 0.263 e. The van der Waals surface area contributed by atoms with Crippen molar-refractivity contribution in [1.82, 2.24) is 9.55 Å². The number of thiophene rings is 1. The molecule has 0 unspecified atom stereocenters. The Bertz CT molecular complexity index is 1450. The third kappa shape index (κ3) is 4.31. The Balaban J connectivity index is 1.57. The van der Waals surface area contributed by atoms with Crippen molar-refractivity contribution in [3.8, 4) is 17.2 Å². The maximum atomic E-state index is 13.1. The summed E-state index contributed by atoms with van der Waals surface area (Å²) in [4.78, 5) is 30.8. The molecule has 4 aromatic rings. The third-order valence-corrected chi connectivity index (χ3v) is 7.10.